The number of rotatable bonds is 7. The second-order valence-electron chi connectivity index (χ2n) is 5.93. The summed E-state index contributed by atoms with van der Waals surface area (Å²) in [6.45, 7) is 1.38. The number of hydrogen-bond donors (Lipinski definition) is 2. The average molecular weight is 340 g/mol. The van der Waals surface area contributed by atoms with Gasteiger partial charge in [0.15, 0.2) is 9.84 Å². The van der Waals surface area contributed by atoms with Crippen molar-refractivity contribution in [2.24, 2.45) is 11.1 Å². The molecule has 1 fully saturated rings. The van der Waals surface area contributed by atoms with Crippen molar-refractivity contribution in [1.82, 2.24) is 5.32 Å². The summed E-state index contributed by atoms with van der Waals surface area (Å²) < 4.78 is 29.5. The predicted molar refractivity (Wildman–Crippen MR) is 88.5 cm³/mol. The van der Waals surface area contributed by atoms with Gasteiger partial charge in [-0.15, -0.1) is 0 Å². The van der Waals surface area contributed by atoms with Crippen LogP contribution in [0.2, 0.25) is 0 Å². The van der Waals surface area contributed by atoms with Crippen LogP contribution in [-0.4, -0.2) is 46.4 Å². The number of amides is 1. The lowest BCUT2D eigenvalue weighted by Crippen LogP contribution is -2.50. The fourth-order valence-corrected chi connectivity index (χ4v) is 3.95. The Kier molecular flexibility index (Phi) is 6.15. The molecule has 0 bridgehead atoms. The van der Waals surface area contributed by atoms with Crippen LogP contribution in [0.1, 0.15) is 18.4 Å². The molecule has 0 spiro atoms. The van der Waals surface area contributed by atoms with Crippen LogP contribution < -0.4 is 11.1 Å². The van der Waals surface area contributed by atoms with Crippen molar-refractivity contribution < 1.29 is 17.9 Å². The van der Waals surface area contributed by atoms with E-state index in [-0.39, 0.29) is 30.5 Å². The van der Waals surface area contributed by atoms with Crippen molar-refractivity contribution in [3.05, 3.63) is 35.9 Å². The minimum Gasteiger partial charge on any atom is -0.381 e. The lowest BCUT2D eigenvalue weighted by molar-refractivity contribution is -0.135. The van der Waals surface area contributed by atoms with E-state index in [1.54, 1.807) is 12.1 Å². The Hall–Kier alpha value is -1.44. The Morgan fingerprint density at radius 3 is 2.48 bits per heavy atom. The maximum absolute atomic E-state index is 12.4. The Labute approximate surface area is 137 Å². The van der Waals surface area contributed by atoms with E-state index in [9.17, 15) is 13.2 Å². The molecule has 23 heavy (non-hydrogen) atoms. The Bertz CT molecular complexity index is 610. The van der Waals surface area contributed by atoms with E-state index in [0.717, 1.165) is 5.56 Å². The smallest absolute Gasteiger partial charge is 0.227 e. The molecule has 128 valence electrons. The van der Waals surface area contributed by atoms with Crippen LogP contribution >= 0.6 is 0 Å². The molecule has 0 aromatic heterocycles. The van der Waals surface area contributed by atoms with E-state index in [4.69, 9.17) is 10.5 Å². The first-order valence-corrected chi connectivity index (χ1v) is 9.60. The molecule has 6 nitrogen and oxygen atoms in total. The molecule has 3 N–H and O–H groups in total. The second kappa shape index (κ2) is 7.90. The summed E-state index contributed by atoms with van der Waals surface area (Å²) in [5.74, 6) is -0.261. The molecule has 0 aliphatic carbocycles. The van der Waals surface area contributed by atoms with Gasteiger partial charge in [0.25, 0.3) is 0 Å². The molecule has 7 heteroatoms. The summed E-state index contributed by atoms with van der Waals surface area (Å²) in [6, 6.07) is 9.02. The third kappa shape index (κ3) is 5.02. The minimum atomic E-state index is -3.26. The fourth-order valence-electron chi connectivity index (χ4n) is 2.69. The standard InChI is InChI=1S/C16H24N2O4S/c17-13-16(6-9-22-10-7-16)15(19)18-8-11-23(20,21)12-14-4-2-1-3-5-14/h1-5H,6-13,17H2,(H,18,19). The van der Waals surface area contributed by atoms with E-state index >= 15 is 0 Å². The minimum absolute atomic E-state index is 0.0143. The monoisotopic (exact) mass is 340 g/mol. The van der Waals surface area contributed by atoms with E-state index < -0.39 is 15.3 Å². The van der Waals surface area contributed by atoms with Gasteiger partial charge in [-0.25, -0.2) is 8.42 Å². The molecule has 1 amide bonds. The van der Waals surface area contributed by atoms with Gasteiger partial charge >= 0.3 is 0 Å². The lowest BCUT2D eigenvalue weighted by Gasteiger charge is -2.34. The number of benzene rings is 1. The quantitative estimate of drug-likeness (QED) is 0.752. The number of sulfone groups is 1. The first-order chi connectivity index (χ1) is 11.0. The SMILES string of the molecule is NCC1(C(=O)NCCS(=O)(=O)Cc2ccccc2)CCOCC1. The summed E-state index contributed by atoms with van der Waals surface area (Å²) in [5.41, 5.74) is 5.89. The van der Waals surface area contributed by atoms with Gasteiger partial charge < -0.3 is 15.8 Å². The summed E-state index contributed by atoms with van der Waals surface area (Å²) in [4.78, 5) is 12.4. The Balaban J connectivity index is 1.84. The number of carbonyl (C=O) groups excluding carboxylic acids is 1. The van der Waals surface area contributed by atoms with Gasteiger partial charge in [-0.3, -0.25) is 4.79 Å². The molecule has 0 unspecified atom stereocenters. The molecule has 1 aromatic rings. The van der Waals surface area contributed by atoms with Gasteiger partial charge in [-0.1, -0.05) is 30.3 Å². The van der Waals surface area contributed by atoms with Crippen LogP contribution in [0, 0.1) is 5.41 Å². The van der Waals surface area contributed by atoms with E-state index in [1.165, 1.54) is 0 Å². The lowest BCUT2D eigenvalue weighted by atomic mass is 9.79. The number of nitrogens with one attached hydrogen (secondary N) is 1. The maximum Gasteiger partial charge on any atom is 0.227 e. The van der Waals surface area contributed by atoms with Crippen molar-refractivity contribution in [1.29, 1.82) is 0 Å². The number of hydrogen-bond acceptors (Lipinski definition) is 5. The van der Waals surface area contributed by atoms with Crippen LogP contribution in [0.5, 0.6) is 0 Å². The van der Waals surface area contributed by atoms with Crippen molar-refractivity contribution in [2.45, 2.75) is 18.6 Å². The van der Waals surface area contributed by atoms with Gasteiger partial charge in [0.2, 0.25) is 5.91 Å². The molecule has 0 saturated carbocycles. The topological polar surface area (TPSA) is 98.5 Å². The van der Waals surface area contributed by atoms with Crippen LogP contribution in [0.3, 0.4) is 0 Å². The molecule has 0 atom stereocenters. The summed E-state index contributed by atoms with van der Waals surface area (Å²) >= 11 is 0. The highest BCUT2D eigenvalue weighted by molar-refractivity contribution is 7.90. The number of ether oxygens (including phenoxy) is 1. The van der Waals surface area contributed by atoms with Gasteiger partial charge in [0.05, 0.1) is 16.9 Å². The highest BCUT2D eigenvalue weighted by atomic mass is 32.2. The van der Waals surface area contributed by atoms with Crippen LogP contribution in [0.15, 0.2) is 30.3 Å². The molecule has 1 aromatic carbocycles. The van der Waals surface area contributed by atoms with E-state index in [2.05, 4.69) is 5.32 Å². The fraction of sp³-hybridized carbons (Fsp3) is 0.562. The second-order valence-corrected chi connectivity index (χ2v) is 8.11. The molecule has 1 aliphatic heterocycles. The molecular formula is C16H24N2O4S. The zero-order valence-electron chi connectivity index (χ0n) is 13.2. The van der Waals surface area contributed by atoms with E-state index in [0.29, 0.717) is 26.1 Å². The highest BCUT2D eigenvalue weighted by Crippen LogP contribution is 2.29. The van der Waals surface area contributed by atoms with Crippen molar-refractivity contribution >= 4 is 15.7 Å². The highest BCUT2D eigenvalue weighted by Gasteiger charge is 2.38. The zero-order chi connectivity index (χ0) is 16.8. The van der Waals surface area contributed by atoms with Crippen molar-refractivity contribution in [3.8, 4) is 0 Å². The summed E-state index contributed by atoms with van der Waals surface area (Å²) in [7, 11) is -3.26. The third-order valence-electron chi connectivity index (χ3n) is 4.25. The van der Waals surface area contributed by atoms with Crippen molar-refractivity contribution in [3.63, 3.8) is 0 Å². The zero-order valence-corrected chi connectivity index (χ0v) is 14.0. The van der Waals surface area contributed by atoms with Crippen LogP contribution in [0.25, 0.3) is 0 Å². The third-order valence-corrected chi connectivity index (χ3v) is 5.85. The molecule has 1 heterocycles. The Morgan fingerprint density at radius 2 is 1.87 bits per heavy atom. The largest absolute Gasteiger partial charge is 0.381 e. The molecule has 2 rings (SSSR count). The number of nitrogens with two attached hydrogens (primary N) is 1. The van der Waals surface area contributed by atoms with Crippen molar-refractivity contribution in [2.75, 3.05) is 32.1 Å². The predicted octanol–water partition coefficient (Wildman–Crippen LogP) is 0.473. The van der Waals surface area contributed by atoms with Gasteiger partial charge in [0.1, 0.15) is 0 Å². The van der Waals surface area contributed by atoms with Crippen LogP contribution in [-0.2, 0) is 25.1 Å². The molecule has 0 radical (unpaired) electrons. The normalized spacial score (nSPS) is 17.6. The average Bonchev–Trinajstić information content (AvgIpc) is 2.55. The maximum atomic E-state index is 12.4. The van der Waals surface area contributed by atoms with Crippen LogP contribution in [0.4, 0.5) is 0 Å². The van der Waals surface area contributed by atoms with Gasteiger partial charge in [0, 0.05) is 26.3 Å². The first kappa shape index (κ1) is 17.9. The molecule has 1 saturated heterocycles. The van der Waals surface area contributed by atoms with Gasteiger partial charge in [-0.2, -0.15) is 0 Å². The van der Waals surface area contributed by atoms with E-state index in [1.807, 2.05) is 18.2 Å². The molecule has 1 aliphatic rings. The summed E-state index contributed by atoms with van der Waals surface area (Å²) in [6.07, 6.45) is 1.15. The Morgan fingerprint density at radius 1 is 1.22 bits per heavy atom. The van der Waals surface area contributed by atoms with Gasteiger partial charge in [-0.05, 0) is 18.4 Å². The first-order valence-electron chi connectivity index (χ1n) is 7.78. The number of carbonyl (C=O) groups is 1. The summed E-state index contributed by atoms with van der Waals surface area (Å²) in [5, 5.41) is 2.73. The molecular weight excluding hydrogens is 316 g/mol.